The summed E-state index contributed by atoms with van der Waals surface area (Å²) in [5.41, 5.74) is 3.93. The summed E-state index contributed by atoms with van der Waals surface area (Å²) in [4.78, 5) is 38.6. The third-order valence-corrected chi connectivity index (χ3v) is 6.76. The quantitative estimate of drug-likeness (QED) is 0.203. The SMILES string of the molecule is CC[C@H](C)CN(NC(=O)[C@H](CCCC[C@@]1(C(=O)NO)C=CC=CC1)CC(C)C)C(=O)Cn1ccnn1. The number of hydrazine groups is 1. The molecule has 0 radical (unpaired) electrons. The first kappa shape index (κ1) is 29.2. The van der Waals surface area contributed by atoms with Crippen molar-refractivity contribution in [3.8, 4) is 0 Å². The van der Waals surface area contributed by atoms with E-state index in [2.05, 4.69) is 36.5 Å². The number of rotatable bonds is 14. The second-order valence-electron chi connectivity index (χ2n) is 10.3. The largest absolute Gasteiger partial charge is 0.289 e. The number of carbonyl (C=O) groups is 3. The second-order valence-corrected chi connectivity index (χ2v) is 10.3. The van der Waals surface area contributed by atoms with Gasteiger partial charge in [0.15, 0.2) is 0 Å². The number of amides is 3. The van der Waals surface area contributed by atoms with Gasteiger partial charge in [0.1, 0.15) is 6.54 Å². The maximum atomic E-state index is 13.3. The van der Waals surface area contributed by atoms with Crippen LogP contribution >= 0.6 is 0 Å². The minimum Gasteiger partial charge on any atom is -0.289 e. The summed E-state index contributed by atoms with van der Waals surface area (Å²) in [5.74, 6) is -0.541. The van der Waals surface area contributed by atoms with Crippen molar-refractivity contribution in [3.05, 3.63) is 36.7 Å². The van der Waals surface area contributed by atoms with E-state index in [-0.39, 0.29) is 30.2 Å². The van der Waals surface area contributed by atoms with Crippen molar-refractivity contribution in [2.45, 2.75) is 79.2 Å². The van der Waals surface area contributed by atoms with Crippen molar-refractivity contribution in [1.82, 2.24) is 30.9 Å². The molecule has 0 bridgehead atoms. The Morgan fingerprint density at radius 1 is 1.19 bits per heavy atom. The van der Waals surface area contributed by atoms with E-state index in [0.29, 0.717) is 38.1 Å². The van der Waals surface area contributed by atoms with Crippen LogP contribution in [0.2, 0.25) is 0 Å². The van der Waals surface area contributed by atoms with E-state index < -0.39 is 11.3 Å². The summed E-state index contributed by atoms with van der Waals surface area (Å²) in [5, 5.41) is 18.2. The second kappa shape index (κ2) is 14.5. The summed E-state index contributed by atoms with van der Waals surface area (Å²) >= 11 is 0. The third kappa shape index (κ3) is 8.89. The van der Waals surface area contributed by atoms with Crippen molar-refractivity contribution in [2.75, 3.05) is 6.54 Å². The molecule has 3 N–H and O–H groups in total. The van der Waals surface area contributed by atoms with Crippen molar-refractivity contribution in [1.29, 1.82) is 0 Å². The fourth-order valence-electron chi connectivity index (χ4n) is 4.42. The first-order valence-corrected chi connectivity index (χ1v) is 12.9. The maximum absolute atomic E-state index is 13.3. The summed E-state index contributed by atoms with van der Waals surface area (Å²) in [7, 11) is 0. The predicted molar refractivity (Wildman–Crippen MR) is 136 cm³/mol. The highest BCUT2D eigenvalue weighted by atomic mass is 16.5. The molecule has 36 heavy (non-hydrogen) atoms. The van der Waals surface area contributed by atoms with Gasteiger partial charge in [-0.1, -0.05) is 76.5 Å². The van der Waals surface area contributed by atoms with Gasteiger partial charge in [-0.05, 0) is 37.5 Å². The fraction of sp³-hybridized carbons (Fsp3) is 0.654. The average Bonchev–Trinajstić information content (AvgIpc) is 3.38. The molecule has 0 fully saturated rings. The van der Waals surface area contributed by atoms with Crippen LogP contribution in [0.25, 0.3) is 0 Å². The smallest absolute Gasteiger partial charge is 0.262 e. The van der Waals surface area contributed by atoms with E-state index >= 15 is 0 Å². The molecule has 200 valence electrons. The molecular formula is C26H42N6O4. The Bertz CT molecular complexity index is 898. The van der Waals surface area contributed by atoms with Gasteiger partial charge < -0.3 is 0 Å². The molecule has 0 aromatic carbocycles. The van der Waals surface area contributed by atoms with Gasteiger partial charge in [0.25, 0.3) is 11.8 Å². The predicted octanol–water partition coefficient (Wildman–Crippen LogP) is 3.41. The summed E-state index contributed by atoms with van der Waals surface area (Å²) in [6, 6.07) is 0. The molecule has 0 aliphatic heterocycles. The Balaban J connectivity index is 2.01. The number of nitrogens with one attached hydrogen (secondary N) is 2. The molecule has 1 aliphatic carbocycles. The number of carbonyl (C=O) groups excluding carboxylic acids is 3. The van der Waals surface area contributed by atoms with Crippen molar-refractivity contribution >= 4 is 17.7 Å². The normalized spacial score (nSPS) is 18.6. The Hall–Kier alpha value is -3.01. The molecule has 0 saturated heterocycles. The molecule has 0 saturated carbocycles. The van der Waals surface area contributed by atoms with Crippen LogP contribution in [0.3, 0.4) is 0 Å². The summed E-state index contributed by atoms with van der Waals surface area (Å²) in [6.45, 7) is 8.67. The Kier molecular flexibility index (Phi) is 11.8. The van der Waals surface area contributed by atoms with Crippen LogP contribution in [-0.4, -0.2) is 49.5 Å². The molecule has 3 amide bonds. The lowest BCUT2D eigenvalue weighted by Crippen LogP contribution is -2.51. The Morgan fingerprint density at radius 2 is 1.97 bits per heavy atom. The van der Waals surface area contributed by atoms with Gasteiger partial charge in [-0.15, -0.1) is 5.10 Å². The lowest BCUT2D eigenvalue weighted by molar-refractivity contribution is -0.145. The minimum atomic E-state index is -0.764. The first-order valence-electron chi connectivity index (χ1n) is 12.9. The van der Waals surface area contributed by atoms with Crippen LogP contribution in [0.1, 0.15) is 72.6 Å². The number of allylic oxidation sites excluding steroid dienone is 3. The number of hydrogen-bond donors (Lipinski definition) is 3. The molecule has 1 aromatic rings. The lowest BCUT2D eigenvalue weighted by Gasteiger charge is -2.30. The highest BCUT2D eigenvalue weighted by Crippen LogP contribution is 2.34. The van der Waals surface area contributed by atoms with E-state index in [1.807, 2.05) is 31.2 Å². The number of hydroxylamine groups is 1. The zero-order chi connectivity index (χ0) is 26.6. The lowest BCUT2D eigenvalue weighted by atomic mass is 9.76. The van der Waals surface area contributed by atoms with E-state index in [9.17, 15) is 19.6 Å². The molecular weight excluding hydrogens is 460 g/mol. The summed E-state index contributed by atoms with van der Waals surface area (Å²) in [6.07, 6.45) is 15.4. The van der Waals surface area contributed by atoms with Crippen LogP contribution in [0, 0.1) is 23.2 Å². The average molecular weight is 503 g/mol. The van der Waals surface area contributed by atoms with Gasteiger partial charge in [0, 0.05) is 18.7 Å². The molecule has 10 heteroatoms. The van der Waals surface area contributed by atoms with Gasteiger partial charge in [0.05, 0.1) is 11.6 Å². The monoisotopic (exact) mass is 502 g/mol. The van der Waals surface area contributed by atoms with Crippen molar-refractivity contribution in [2.24, 2.45) is 23.2 Å². The first-order chi connectivity index (χ1) is 17.2. The van der Waals surface area contributed by atoms with Crippen LogP contribution in [0.4, 0.5) is 0 Å². The van der Waals surface area contributed by atoms with Crippen LogP contribution in [0.15, 0.2) is 36.7 Å². The van der Waals surface area contributed by atoms with Gasteiger partial charge in [-0.2, -0.15) is 0 Å². The minimum absolute atomic E-state index is 0.00251. The fourth-order valence-corrected chi connectivity index (χ4v) is 4.42. The van der Waals surface area contributed by atoms with Gasteiger partial charge in [-0.3, -0.25) is 30.0 Å². The van der Waals surface area contributed by atoms with Gasteiger partial charge >= 0.3 is 0 Å². The highest BCUT2D eigenvalue weighted by Gasteiger charge is 2.35. The number of unbranched alkanes of at least 4 members (excludes halogenated alkanes) is 1. The zero-order valence-corrected chi connectivity index (χ0v) is 22.0. The van der Waals surface area contributed by atoms with E-state index in [1.54, 1.807) is 11.7 Å². The van der Waals surface area contributed by atoms with Crippen LogP contribution in [-0.2, 0) is 20.9 Å². The standard InChI is InChI=1S/C26H42N6O4/c1-5-21(4)18-32(23(33)19-31-16-15-27-30-31)28-24(34)22(17-20(2)3)11-7-10-14-26(25(35)29-36)12-8-6-9-13-26/h6,8-9,12,15-16,20-22,36H,5,7,10-11,13-14,17-19H2,1-4H3,(H,28,34)(H,29,35)/t21-,22+,26+/m0/s1. The molecule has 10 nitrogen and oxygen atoms in total. The Morgan fingerprint density at radius 3 is 2.56 bits per heavy atom. The highest BCUT2D eigenvalue weighted by molar-refractivity contribution is 5.84. The molecule has 3 atom stereocenters. The van der Waals surface area contributed by atoms with Crippen molar-refractivity contribution < 1.29 is 19.6 Å². The number of aromatic nitrogens is 3. The van der Waals surface area contributed by atoms with Crippen LogP contribution < -0.4 is 10.9 Å². The van der Waals surface area contributed by atoms with Crippen LogP contribution in [0.5, 0.6) is 0 Å². The zero-order valence-electron chi connectivity index (χ0n) is 22.0. The number of nitrogens with zero attached hydrogens (tertiary/aromatic N) is 4. The van der Waals surface area contributed by atoms with E-state index in [0.717, 1.165) is 19.3 Å². The van der Waals surface area contributed by atoms with E-state index in [1.165, 1.54) is 15.9 Å². The topological polar surface area (TPSA) is 129 Å². The molecule has 1 aromatic heterocycles. The molecule has 0 spiro atoms. The third-order valence-electron chi connectivity index (χ3n) is 6.76. The molecule has 0 unspecified atom stereocenters. The van der Waals surface area contributed by atoms with Crippen molar-refractivity contribution in [3.63, 3.8) is 0 Å². The molecule has 2 rings (SSSR count). The molecule has 1 aliphatic rings. The maximum Gasteiger partial charge on any atom is 0.262 e. The summed E-state index contributed by atoms with van der Waals surface area (Å²) < 4.78 is 1.44. The van der Waals surface area contributed by atoms with Gasteiger partial charge in [0.2, 0.25) is 5.91 Å². The Labute approximate surface area is 214 Å². The van der Waals surface area contributed by atoms with E-state index in [4.69, 9.17) is 0 Å². The molecule has 1 heterocycles. The van der Waals surface area contributed by atoms with Gasteiger partial charge in [-0.25, -0.2) is 10.2 Å². The number of hydrogen-bond acceptors (Lipinski definition) is 6.